The largest absolute Gasteiger partial charge is 0.480 e. The molecule has 0 aliphatic carbocycles. The molecule has 0 bridgehead atoms. The molecule has 0 aromatic heterocycles. The number of carbonyl (C=O) groups is 2. The van der Waals surface area contributed by atoms with E-state index in [2.05, 4.69) is 5.32 Å². The van der Waals surface area contributed by atoms with Crippen LogP contribution in [0.1, 0.15) is 46.0 Å². The number of amides is 2. The topological polar surface area (TPSA) is 89.9 Å². The Morgan fingerprint density at radius 2 is 1.79 bits per heavy atom. The fourth-order valence-corrected chi connectivity index (χ4v) is 1.69. The maximum atomic E-state index is 12.0. The molecule has 19 heavy (non-hydrogen) atoms. The number of unbranched alkanes of at least 4 members (excludes halogenated alkanes) is 2. The van der Waals surface area contributed by atoms with Gasteiger partial charge < -0.3 is 20.4 Å². The molecule has 0 radical (unpaired) electrons. The number of carboxylic acids is 1. The van der Waals surface area contributed by atoms with E-state index < -0.39 is 18.0 Å². The zero-order valence-corrected chi connectivity index (χ0v) is 11.9. The molecule has 0 aromatic carbocycles. The van der Waals surface area contributed by atoms with Gasteiger partial charge in [0, 0.05) is 13.1 Å². The fraction of sp³-hybridized carbons (Fsp3) is 0.846. The van der Waals surface area contributed by atoms with Crippen LogP contribution in [0.25, 0.3) is 0 Å². The molecule has 0 heterocycles. The zero-order chi connectivity index (χ0) is 14.7. The summed E-state index contributed by atoms with van der Waals surface area (Å²) in [5.41, 5.74) is 0. The predicted octanol–water partition coefficient (Wildman–Crippen LogP) is 1.43. The van der Waals surface area contributed by atoms with E-state index in [0.717, 1.165) is 25.7 Å². The quantitative estimate of drug-likeness (QED) is 0.562. The van der Waals surface area contributed by atoms with Crippen LogP contribution in [0, 0.1) is 0 Å². The van der Waals surface area contributed by atoms with Crippen LogP contribution in [0.15, 0.2) is 0 Å². The van der Waals surface area contributed by atoms with E-state index >= 15 is 0 Å². The molecule has 1 atom stereocenters. The highest BCUT2D eigenvalue weighted by atomic mass is 16.4. The first-order chi connectivity index (χ1) is 9.06. The predicted molar refractivity (Wildman–Crippen MR) is 73.0 cm³/mol. The van der Waals surface area contributed by atoms with Crippen molar-refractivity contribution >= 4 is 12.0 Å². The Bertz CT molecular complexity index is 271. The Morgan fingerprint density at radius 1 is 1.16 bits per heavy atom. The molecule has 0 spiro atoms. The summed E-state index contributed by atoms with van der Waals surface area (Å²) in [4.78, 5) is 24.5. The molecule has 2 amide bonds. The van der Waals surface area contributed by atoms with Crippen LogP contribution in [0.3, 0.4) is 0 Å². The van der Waals surface area contributed by atoms with Crippen LogP contribution in [-0.4, -0.2) is 52.9 Å². The number of nitrogens with one attached hydrogen (secondary N) is 1. The third-order valence-corrected chi connectivity index (χ3v) is 2.88. The van der Waals surface area contributed by atoms with Gasteiger partial charge in [0.25, 0.3) is 0 Å². The molecule has 0 aliphatic rings. The van der Waals surface area contributed by atoms with E-state index in [0.29, 0.717) is 13.0 Å². The van der Waals surface area contributed by atoms with E-state index in [1.165, 1.54) is 4.90 Å². The highest BCUT2D eigenvalue weighted by Crippen LogP contribution is 2.03. The number of rotatable bonds is 10. The van der Waals surface area contributed by atoms with Crippen LogP contribution in [0.4, 0.5) is 4.79 Å². The second kappa shape index (κ2) is 10.6. The second-order valence-electron chi connectivity index (χ2n) is 4.55. The molecule has 0 saturated heterocycles. The summed E-state index contributed by atoms with van der Waals surface area (Å²) < 4.78 is 0. The zero-order valence-electron chi connectivity index (χ0n) is 11.9. The third kappa shape index (κ3) is 7.66. The SMILES string of the molecule is CCCC[C@H](NC(=O)N(CCO)CCCC)C(=O)O. The molecule has 112 valence electrons. The normalized spacial score (nSPS) is 11.9. The molecule has 0 aromatic rings. The lowest BCUT2D eigenvalue weighted by atomic mass is 10.1. The highest BCUT2D eigenvalue weighted by Gasteiger charge is 2.22. The van der Waals surface area contributed by atoms with Gasteiger partial charge in [-0.05, 0) is 12.8 Å². The first-order valence-electron chi connectivity index (χ1n) is 6.95. The number of aliphatic hydroxyl groups excluding tert-OH is 1. The molecular formula is C13H26N2O4. The standard InChI is InChI=1S/C13H26N2O4/c1-3-5-7-11(12(17)18)14-13(19)15(9-10-16)8-6-4-2/h11,16H,3-10H2,1-2H3,(H,14,19)(H,17,18)/t11-/m0/s1. The molecule has 0 fully saturated rings. The van der Waals surface area contributed by atoms with Crippen LogP contribution in [-0.2, 0) is 4.79 Å². The van der Waals surface area contributed by atoms with Crippen molar-refractivity contribution in [2.45, 2.75) is 52.0 Å². The van der Waals surface area contributed by atoms with Crippen LogP contribution in [0.5, 0.6) is 0 Å². The lowest BCUT2D eigenvalue weighted by Crippen LogP contribution is -2.49. The Hall–Kier alpha value is -1.30. The van der Waals surface area contributed by atoms with Gasteiger partial charge in [-0.2, -0.15) is 0 Å². The van der Waals surface area contributed by atoms with E-state index in [-0.39, 0.29) is 13.2 Å². The maximum absolute atomic E-state index is 12.0. The number of carboxylic acid groups (broad SMARTS) is 1. The number of carbonyl (C=O) groups excluding carboxylic acids is 1. The molecule has 6 nitrogen and oxygen atoms in total. The summed E-state index contributed by atoms with van der Waals surface area (Å²) >= 11 is 0. The number of nitrogens with zero attached hydrogens (tertiary/aromatic N) is 1. The van der Waals surface area contributed by atoms with Crippen molar-refractivity contribution in [2.75, 3.05) is 19.7 Å². The molecular weight excluding hydrogens is 248 g/mol. The van der Waals surface area contributed by atoms with Gasteiger partial charge in [0.2, 0.25) is 0 Å². The average molecular weight is 274 g/mol. The van der Waals surface area contributed by atoms with Crippen LogP contribution >= 0.6 is 0 Å². The average Bonchev–Trinajstić information content (AvgIpc) is 2.38. The monoisotopic (exact) mass is 274 g/mol. The van der Waals surface area contributed by atoms with Gasteiger partial charge in [0.15, 0.2) is 0 Å². The van der Waals surface area contributed by atoms with Crippen molar-refractivity contribution < 1.29 is 19.8 Å². The summed E-state index contributed by atoms with van der Waals surface area (Å²) in [5, 5.41) is 20.5. The number of aliphatic carboxylic acids is 1. The third-order valence-electron chi connectivity index (χ3n) is 2.88. The molecule has 0 rings (SSSR count). The number of aliphatic hydroxyl groups is 1. The van der Waals surface area contributed by atoms with Crippen molar-refractivity contribution in [3.63, 3.8) is 0 Å². The number of urea groups is 1. The first-order valence-corrected chi connectivity index (χ1v) is 6.95. The van der Waals surface area contributed by atoms with Gasteiger partial charge in [-0.3, -0.25) is 0 Å². The van der Waals surface area contributed by atoms with Crippen LogP contribution in [0.2, 0.25) is 0 Å². The minimum absolute atomic E-state index is 0.121. The Morgan fingerprint density at radius 3 is 2.26 bits per heavy atom. The van der Waals surface area contributed by atoms with Gasteiger partial charge >= 0.3 is 12.0 Å². The Labute approximate surface area is 114 Å². The van der Waals surface area contributed by atoms with Crippen molar-refractivity contribution in [3.05, 3.63) is 0 Å². The first kappa shape index (κ1) is 17.7. The van der Waals surface area contributed by atoms with Crippen molar-refractivity contribution in [2.24, 2.45) is 0 Å². The summed E-state index contributed by atoms with van der Waals surface area (Å²) in [6.45, 7) is 4.62. The molecule has 0 unspecified atom stereocenters. The Kier molecular flexibility index (Phi) is 9.88. The van der Waals surface area contributed by atoms with Gasteiger partial charge in [-0.1, -0.05) is 33.1 Å². The van der Waals surface area contributed by atoms with Crippen LogP contribution < -0.4 is 5.32 Å². The Balaban J connectivity index is 4.42. The lowest BCUT2D eigenvalue weighted by Gasteiger charge is -2.24. The summed E-state index contributed by atoms with van der Waals surface area (Å²) in [5.74, 6) is -1.01. The molecule has 3 N–H and O–H groups in total. The van der Waals surface area contributed by atoms with E-state index in [1.54, 1.807) is 0 Å². The summed E-state index contributed by atoms with van der Waals surface area (Å²) in [6, 6.07) is -1.26. The fourth-order valence-electron chi connectivity index (χ4n) is 1.69. The number of hydrogen-bond donors (Lipinski definition) is 3. The van der Waals surface area contributed by atoms with Gasteiger partial charge in [0.05, 0.1) is 6.61 Å². The lowest BCUT2D eigenvalue weighted by molar-refractivity contribution is -0.139. The maximum Gasteiger partial charge on any atom is 0.326 e. The summed E-state index contributed by atoms with van der Waals surface area (Å²) in [6.07, 6.45) is 3.84. The van der Waals surface area contributed by atoms with E-state index in [4.69, 9.17) is 10.2 Å². The second-order valence-corrected chi connectivity index (χ2v) is 4.55. The van der Waals surface area contributed by atoms with Gasteiger partial charge in [-0.15, -0.1) is 0 Å². The van der Waals surface area contributed by atoms with E-state index in [9.17, 15) is 9.59 Å². The molecule has 6 heteroatoms. The van der Waals surface area contributed by atoms with Gasteiger partial charge in [-0.25, -0.2) is 9.59 Å². The minimum Gasteiger partial charge on any atom is -0.480 e. The van der Waals surface area contributed by atoms with Crippen molar-refractivity contribution in [1.29, 1.82) is 0 Å². The highest BCUT2D eigenvalue weighted by molar-refractivity contribution is 5.82. The molecule has 0 aliphatic heterocycles. The number of hydrogen-bond acceptors (Lipinski definition) is 3. The molecule has 0 saturated carbocycles. The van der Waals surface area contributed by atoms with Crippen molar-refractivity contribution in [3.8, 4) is 0 Å². The van der Waals surface area contributed by atoms with Crippen molar-refractivity contribution in [1.82, 2.24) is 10.2 Å². The van der Waals surface area contributed by atoms with E-state index in [1.807, 2.05) is 13.8 Å². The summed E-state index contributed by atoms with van der Waals surface area (Å²) in [7, 11) is 0. The smallest absolute Gasteiger partial charge is 0.326 e. The van der Waals surface area contributed by atoms with Gasteiger partial charge in [0.1, 0.15) is 6.04 Å². The minimum atomic E-state index is -1.01.